The normalized spacial score (nSPS) is 19.7. The van der Waals surface area contributed by atoms with E-state index in [0.717, 1.165) is 24.7 Å². The van der Waals surface area contributed by atoms with E-state index in [1.807, 2.05) is 0 Å². The third-order valence-electron chi connectivity index (χ3n) is 6.89. The Morgan fingerprint density at radius 3 is 2.13 bits per heavy atom. The van der Waals surface area contributed by atoms with Crippen LogP contribution in [-0.4, -0.2) is 55.1 Å². The minimum atomic E-state index is 0. The molecule has 0 radical (unpaired) electrons. The molecule has 2 aliphatic rings. The Morgan fingerprint density at radius 2 is 1.53 bits per heavy atom. The van der Waals surface area contributed by atoms with Crippen molar-refractivity contribution in [3.8, 4) is 12.3 Å². The minimum absolute atomic E-state index is 0. The molecule has 2 saturated heterocycles. The van der Waals surface area contributed by atoms with Gasteiger partial charge in [-0.2, -0.15) is 0 Å². The summed E-state index contributed by atoms with van der Waals surface area (Å²) >= 11 is 0. The number of anilines is 1. The van der Waals surface area contributed by atoms with E-state index < -0.39 is 0 Å². The van der Waals surface area contributed by atoms with Crippen LogP contribution in [0.1, 0.15) is 42.5 Å². The topological polar surface area (TPSA) is 9.72 Å². The number of hydrogen-bond donors (Lipinski definition) is 0. The molecule has 2 aromatic carbocycles. The van der Waals surface area contributed by atoms with Gasteiger partial charge in [0.15, 0.2) is 0 Å². The fourth-order valence-corrected chi connectivity index (χ4v) is 4.95. The highest BCUT2D eigenvalue weighted by Crippen LogP contribution is 2.28. The van der Waals surface area contributed by atoms with Gasteiger partial charge in [-0.15, -0.1) is 18.8 Å². The zero-order valence-corrected chi connectivity index (χ0v) is 19.1. The Labute approximate surface area is 188 Å². The smallest absolute Gasteiger partial charge is 0.0396 e. The second-order valence-electron chi connectivity index (χ2n) is 8.52. The van der Waals surface area contributed by atoms with Crippen LogP contribution in [0.3, 0.4) is 0 Å². The van der Waals surface area contributed by atoms with Crippen molar-refractivity contribution >= 4 is 18.1 Å². The summed E-state index contributed by atoms with van der Waals surface area (Å²) in [6, 6.07) is 18.5. The van der Waals surface area contributed by atoms with Crippen molar-refractivity contribution < 1.29 is 0 Å². The summed E-state index contributed by atoms with van der Waals surface area (Å²) in [5, 5.41) is 0. The van der Waals surface area contributed by atoms with Gasteiger partial charge in [0.1, 0.15) is 0 Å². The molecule has 0 aromatic heterocycles. The lowest BCUT2D eigenvalue weighted by atomic mass is 9.98. The molecule has 0 bridgehead atoms. The fraction of sp³-hybridized carbons (Fsp3) is 0.462. The Morgan fingerprint density at radius 1 is 0.900 bits per heavy atom. The van der Waals surface area contributed by atoms with E-state index >= 15 is 0 Å². The Bertz CT molecular complexity index is 841. The van der Waals surface area contributed by atoms with Gasteiger partial charge in [-0.3, -0.25) is 9.80 Å². The van der Waals surface area contributed by atoms with E-state index in [1.165, 1.54) is 55.8 Å². The maximum atomic E-state index is 5.49. The Kier molecular flexibility index (Phi) is 7.83. The number of likely N-dealkylation sites (tertiary alicyclic amines) is 1. The molecule has 4 heteroatoms. The van der Waals surface area contributed by atoms with Crippen LogP contribution in [0.4, 0.5) is 5.69 Å². The molecule has 2 fully saturated rings. The van der Waals surface area contributed by atoms with E-state index in [4.69, 9.17) is 6.42 Å². The number of nitrogens with zero attached hydrogens (tertiary/aromatic N) is 3. The number of halogens is 1. The van der Waals surface area contributed by atoms with Gasteiger partial charge in [0, 0.05) is 62.6 Å². The molecule has 30 heavy (non-hydrogen) atoms. The molecule has 2 aliphatic heterocycles. The average Bonchev–Trinajstić information content (AvgIpc) is 2.79. The standard InChI is InChI=1S/C26H33N3.ClH/c1-4-23-9-11-24(12-10-23)22(3)27-15-13-25(14-16-27)28-17-19-29(20-18-28)26-8-6-5-7-21(26)2;/h1,5-12,22,25H,13-20H2,2-3H3;1H. The molecule has 160 valence electrons. The number of piperidine rings is 1. The van der Waals surface area contributed by atoms with E-state index in [1.54, 1.807) is 0 Å². The van der Waals surface area contributed by atoms with Crippen molar-refractivity contribution in [1.82, 2.24) is 9.80 Å². The van der Waals surface area contributed by atoms with Crippen LogP contribution in [0.15, 0.2) is 48.5 Å². The van der Waals surface area contributed by atoms with Gasteiger partial charge in [0.2, 0.25) is 0 Å². The third kappa shape index (κ3) is 5.01. The molecule has 1 unspecified atom stereocenters. The van der Waals surface area contributed by atoms with Crippen LogP contribution in [0.5, 0.6) is 0 Å². The molecule has 0 saturated carbocycles. The minimum Gasteiger partial charge on any atom is -0.369 e. The lowest BCUT2D eigenvalue weighted by Gasteiger charge is -2.44. The van der Waals surface area contributed by atoms with Gasteiger partial charge in [-0.1, -0.05) is 36.3 Å². The number of hydrogen-bond acceptors (Lipinski definition) is 3. The van der Waals surface area contributed by atoms with Crippen LogP contribution in [0.2, 0.25) is 0 Å². The van der Waals surface area contributed by atoms with Crippen LogP contribution in [-0.2, 0) is 0 Å². The molecule has 2 heterocycles. The van der Waals surface area contributed by atoms with Crippen LogP contribution in [0, 0.1) is 19.3 Å². The summed E-state index contributed by atoms with van der Waals surface area (Å²) in [4.78, 5) is 7.92. The van der Waals surface area contributed by atoms with Gasteiger partial charge >= 0.3 is 0 Å². The maximum absolute atomic E-state index is 5.49. The number of piperazine rings is 1. The summed E-state index contributed by atoms with van der Waals surface area (Å²) in [6.45, 7) is 11.6. The van der Waals surface area contributed by atoms with E-state index in [-0.39, 0.29) is 12.4 Å². The van der Waals surface area contributed by atoms with Gasteiger partial charge < -0.3 is 4.90 Å². The summed E-state index contributed by atoms with van der Waals surface area (Å²) in [7, 11) is 0. The summed E-state index contributed by atoms with van der Waals surface area (Å²) in [6.07, 6.45) is 8.04. The molecule has 4 rings (SSSR count). The molecule has 0 amide bonds. The maximum Gasteiger partial charge on any atom is 0.0396 e. The summed E-state index contributed by atoms with van der Waals surface area (Å²) in [5.74, 6) is 2.71. The van der Waals surface area contributed by atoms with E-state index in [9.17, 15) is 0 Å². The molecule has 3 nitrogen and oxygen atoms in total. The highest BCUT2D eigenvalue weighted by Gasteiger charge is 2.29. The predicted octanol–water partition coefficient (Wildman–Crippen LogP) is 4.75. The highest BCUT2D eigenvalue weighted by molar-refractivity contribution is 5.85. The van der Waals surface area contributed by atoms with Gasteiger partial charge in [0.25, 0.3) is 0 Å². The first kappa shape index (κ1) is 22.7. The number of terminal acetylenes is 1. The second kappa shape index (κ2) is 10.4. The SMILES string of the molecule is C#Cc1ccc(C(C)N2CCC(N3CCN(c4ccccc4C)CC3)CC2)cc1.Cl. The van der Waals surface area contributed by atoms with Crippen molar-refractivity contribution in [2.24, 2.45) is 0 Å². The van der Waals surface area contributed by atoms with Crippen molar-refractivity contribution in [2.75, 3.05) is 44.2 Å². The third-order valence-corrected chi connectivity index (χ3v) is 6.89. The lowest BCUT2D eigenvalue weighted by molar-refractivity contribution is 0.0840. The van der Waals surface area contributed by atoms with Crippen molar-refractivity contribution in [1.29, 1.82) is 0 Å². The van der Waals surface area contributed by atoms with Crippen molar-refractivity contribution in [3.63, 3.8) is 0 Å². The Hall–Kier alpha value is -1.99. The van der Waals surface area contributed by atoms with E-state index in [2.05, 4.69) is 83.0 Å². The largest absolute Gasteiger partial charge is 0.369 e. The molecule has 1 atom stereocenters. The summed E-state index contributed by atoms with van der Waals surface area (Å²) in [5.41, 5.74) is 5.13. The van der Waals surface area contributed by atoms with E-state index in [0.29, 0.717) is 6.04 Å². The second-order valence-corrected chi connectivity index (χ2v) is 8.52. The quantitative estimate of drug-likeness (QED) is 0.657. The lowest BCUT2D eigenvalue weighted by Crippen LogP contribution is -2.53. The molecule has 2 aromatic rings. The number of rotatable bonds is 4. The molecule has 0 spiro atoms. The number of aryl methyl sites for hydroxylation is 1. The zero-order chi connectivity index (χ0) is 20.2. The molecule has 0 aliphatic carbocycles. The Balaban J connectivity index is 0.00000256. The van der Waals surface area contributed by atoms with Crippen LogP contribution in [0.25, 0.3) is 0 Å². The first-order valence-electron chi connectivity index (χ1n) is 11.0. The van der Waals surface area contributed by atoms with Gasteiger partial charge in [-0.05, 0) is 56.0 Å². The molecule has 0 N–H and O–H groups in total. The van der Waals surface area contributed by atoms with Crippen molar-refractivity contribution in [3.05, 3.63) is 65.2 Å². The van der Waals surface area contributed by atoms with Crippen molar-refractivity contribution in [2.45, 2.75) is 38.8 Å². The average molecular weight is 424 g/mol. The monoisotopic (exact) mass is 423 g/mol. The first-order valence-corrected chi connectivity index (χ1v) is 11.0. The zero-order valence-electron chi connectivity index (χ0n) is 18.3. The number of benzene rings is 2. The first-order chi connectivity index (χ1) is 14.2. The number of para-hydroxylation sites is 1. The molecular weight excluding hydrogens is 390 g/mol. The predicted molar refractivity (Wildman–Crippen MR) is 130 cm³/mol. The summed E-state index contributed by atoms with van der Waals surface area (Å²) < 4.78 is 0. The van der Waals surface area contributed by atoms with Gasteiger partial charge in [-0.25, -0.2) is 0 Å². The highest BCUT2D eigenvalue weighted by atomic mass is 35.5. The van der Waals surface area contributed by atoms with Crippen LogP contribution >= 0.6 is 12.4 Å². The fourth-order valence-electron chi connectivity index (χ4n) is 4.95. The van der Waals surface area contributed by atoms with Gasteiger partial charge in [0.05, 0.1) is 0 Å². The van der Waals surface area contributed by atoms with Crippen LogP contribution < -0.4 is 4.90 Å². The molecular formula is C26H34ClN3.